The number of anilines is 1. The van der Waals surface area contributed by atoms with Crippen LogP contribution in [-0.4, -0.2) is 57.3 Å². The van der Waals surface area contributed by atoms with Crippen LogP contribution in [0.4, 0.5) is 5.69 Å². The fourth-order valence-corrected chi connectivity index (χ4v) is 4.44. The number of carbonyl (C=O) groups is 2. The smallest absolute Gasteiger partial charge is 0.263 e. The number of aromatic nitrogens is 3. The lowest BCUT2D eigenvalue weighted by atomic mass is 10.0. The quantitative estimate of drug-likeness (QED) is 0.616. The molecule has 160 valence electrons. The molecule has 8 nitrogen and oxygen atoms in total. The van der Waals surface area contributed by atoms with Crippen LogP contribution in [0.25, 0.3) is 10.8 Å². The van der Waals surface area contributed by atoms with Crippen molar-refractivity contribution >= 4 is 28.8 Å². The van der Waals surface area contributed by atoms with Crippen LogP contribution in [0, 0.1) is 6.92 Å². The summed E-state index contributed by atoms with van der Waals surface area (Å²) in [6.45, 7) is 3.70. The van der Waals surface area contributed by atoms with Gasteiger partial charge in [0.1, 0.15) is 4.88 Å². The number of thiazole rings is 1. The first-order valence-corrected chi connectivity index (χ1v) is 11.0. The molecule has 3 aromatic rings. The molecule has 3 heterocycles. The zero-order chi connectivity index (χ0) is 21.6. The van der Waals surface area contributed by atoms with Gasteiger partial charge in [0, 0.05) is 37.2 Å². The van der Waals surface area contributed by atoms with E-state index < -0.39 is 0 Å². The number of aryl methyl sites for hydroxylation is 1. The first kappa shape index (κ1) is 21.1. The minimum absolute atomic E-state index is 0.0235. The van der Waals surface area contributed by atoms with Crippen LogP contribution in [0.1, 0.15) is 28.2 Å². The Hall–Kier alpha value is -3.17. The van der Waals surface area contributed by atoms with Gasteiger partial charge in [-0.2, -0.15) is 0 Å². The van der Waals surface area contributed by atoms with Crippen molar-refractivity contribution in [3.63, 3.8) is 0 Å². The van der Waals surface area contributed by atoms with Crippen molar-refractivity contribution < 1.29 is 9.59 Å². The Morgan fingerprint density at radius 3 is 2.52 bits per heavy atom. The van der Waals surface area contributed by atoms with Crippen molar-refractivity contribution in [3.8, 4) is 10.8 Å². The van der Waals surface area contributed by atoms with E-state index in [9.17, 15) is 9.59 Å². The maximum absolute atomic E-state index is 12.8. The fourth-order valence-electron chi connectivity index (χ4n) is 3.52. The number of nitrogens with zero attached hydrogens (tertiary/aromatic N) is 4. The summed E-state index contributed by atoms with van der Waals surface area (Å²) in [5, 5.41) is 6.67. The predicted octanol–water partition coefficient (Wildman–Crippen LogP) is 2.74. The number of para-hydroxylation sites is 1. The van der Waals surface area contributed by atoms with Crippen molar-refractivity contribution in [2.45, 2.75) is 25.8 Å². The van der Waals surface area contributed by atoms with Crippen LogP contribution in [0.15, 0.2) is 48.8 Å². The maximum Gasteiger partial charge on any atom is 0.263 e. The lowest BCUT2D eigenvalue weighted by Gasteiger charge is -2.31. The van der Waals surface area contributed by atoms with Crippen molar-refractivity contribution in [2.75, 3.05) is 25.0 Å². The number of hydrogen-bond acceptors (Lipinski definition) is 7. The Bertz CT molecular complexity index is 1030. The summed E-state index contributed by atoms with van der Waals surface area (Å²) in [5.41, 5.74) is 1.48. The number of benzene rings is 1. The molecular formula is C22H24N6O2S. The summed E-state index contributed by atoms with van der Waals surface area (Å²) < 4.78 is 0. The van der Waals surface area contributed by atoms with E-state index in [4.69, 9.17) is 0 Å². The van der Waals surface area contributed by atoms with Gasteiger partial charge >= 0.3 is 0 Å². The number of nitrogens with one attached hydrogen (secondary N) is 2. The third kappa shape index (κ3) is 5.50. The van der Waals surface area contributed by atoms with Crippen LogP contribution >= 0.6 is 11.3 Å². The van der Waals surface area contributed by atoms with Gasteiger partial charge in [-0.15, -0.1) is 11.3 Å². The van der Waals surface area contributed by atoms with Crippen LogP contribution in [-0.2, 0) is 4.79 Å². The zero-order valence-corrected chi connectivity index (χ0v) is 18.1. The molecule has 0 radical (unpaired) electrons. The highest BCUT2D eigenvalue weighted by Crippen LogP contribution is 2.25. The van der Waals surface area contributed by atoms with Crippen LogP contribution < -0.4 is 10.6 Å². The second-order valence-corrected chi connectivity index (χ2v) is 8.44. The van der Waals surface area contributed by atoms with Crippen molar-refractivity contribution in [1.29, 1.82) is 0 Å². The Balaban J connectivity index is 1.27. The largest absolute Gasteiger partial charge is 0.348 e. The number of carbonyl (C=O) groups excluding carboxylic acids is 2. The Morgan fingerprint density at radius 1 is 1.10 bits per heavy atom. The maximum atomic E-state index is 12.8. The van der Waals surface area contributed by atoms with Crippen molar-refractivity contribution in [3.05, 3.63) is 59.4 Å². The lowest BCUT2D eigenvalue weighted by Crippen LogP contribution is -2.46. The highest BCUT2D eigenvalue weighted by Gasteiger charge is 2.24. The molecule has 9 heteroatoms. The van der Waals surface area contributed by atoms with E-state index in [1.807, 2.05) is 37.3 Å². The van der Waals surface area contributed by atoms with Crippen LogP contribution in [0.5, 0.6) is 0 Å². The third-order valence-corrected chi connectivity index (χ3v) is 6.26. The first-order valence-electron chi connectivity index (χ1n) is 10.2. The fraction of sp³-hybridized carbons (Fsp3) is 0.318. The summed E-state index contributed by atoms with van der Waals surface area (Å²) >= 11 is 1.31. The van der Waals surface area contributed by atoms with E-state index in [1.165, 1.54) is 11.3 Å². The molecule has 1 aliphatic heterocycles. The van der Waals surface area contributed by atoms with Gasteiger partial charge in [-0.3, -0.25) is 14.5 Å². The molecule has 4 rings (SSSR count). The minimum atomic E-state index is -0.113. The highest BCUT2D eigenvalue weighted by atomic mass is 32.1. The number of likely N-dealkylation sites (tertiary alicyclic amines) is 1. The molecule has 31 heavy (non-hydrogen) atoms. The van der Waals surface area contributed by atoms with Crippen LogP contribution in [0.2, 0.25) is 0 Å². The second kappa shape index (κ2) is 9.76. The summed E-state index contributed by atoms with van der Waals surface area (Å²) in [6, 6.07) is 11.3. The van der Waals surface area contributed by atoms with Crippen LogP contribution in [0.3, 0.4) is 0 Å². The summed E-state index contributed by atoms with van der Waals surface area (Å²) in [6.07, 6.45) is 4.92. The molecule has 1 aliphatic rings. The molecule has 0 unspecified atom stereocenters. The molecule has 0 bridgehead atoms. The average Bonchev–Trinajstić information content (AvgIpc) is 3.18. The van der Waals surface area contributed by atoms with E-state index >= 15 is 0 Å². The number of hydrogen-bond donors (Lipinski definition) is 2. The molecule has 1 saturated heterocycles. The van der Waals surface area contributed by atoms with Gasteiger partial charge in [-0.05, 0) is 38.0 Å². The standard InChI is InChI=1S/C22H24N6O2S/c1-15-19(31-22(25-15)20-23-10-5-11-24-20)21(30)27-17-8-12-28(13-9-17)14-18(29)26-16-6-3-2-4-7-16/h2-7,10-11,17H,8-9,12-14H2,1H3,(H,26,29)(H,27,30). The average molecular weight is 437 g/mol. The summed E-state index contributed by atoms with van der Waals surface area (Å²) in [5.74, 6) is 0.388. The molecule has 0 aliphatic carbocycles. The first-order chi connectivity index (χ1) is 15.1. The summed E-state index contributed by atoms with van der Waals surface area (Å²) in [4.78, 5) is 40.6. The Morgan fingerprint density at radius 2 is 1.81 bits per heavy atom. The van der Waals surface area contributed by atoms with Gasteiger partial charge < -0.3 is 10.6 Å². The molecule has 0 spiro atoms. The number of amides is 2. The predicted molar refractivity (Wildman–Crippen MR) is 120 cm³/mol. The SMILES string of the molecule is Cc1nc(-c2ncccn2)sc1C(=O)NC1CCN(CC(=O)Nc2ccccc2)CC1. The number of rotatable bonds is 6. The third-order valence-electron chi connectivity index (χ3n) is 5.11. The zero-order valence-electron chi connectivity index (χ0n) is 17.2. The number of piperidine rings is 1. The van der Waals surface area contributed by atoms with Crippen molar-refractivity contribution in [1.82, 2.24) is 25.2 Å². The molecule has 1 aromatic carbocycles. The van der Waals surface area contributed by atoms with E-state index in [2.05, 4.69) is 30.5 Å². The topological polar surface area (TPSA) is 100 Å². The molecule has 2 N–H and O–H groups in total. The van der Waals surface area contributed by atoms with Gasteiger partial charge in [0.25, 0.3) is 5.91 Å². The van der Waals surface area contributed by atoms with E-state index in [0.29, 0.717) is 27.9 Å². The molecule has 0 atom stereocenters. The Labute approximate surface area is 184 Å². The van der Waals surface area contributed by atoms with Crippen molar-refractivity contribution in [2.24, 2.45) is 0 Å². The Kier molecular flexibility index (Phi) is 6.63. The second-order valence-electron chi connectivity index (χ2n) is 7.44. The van der Waals surface area contributed by atoms with E-state index in [0.717, 1.165) is 31.6 Å². The highest BCUT2D eigenvalue weighted by molar-refractivity contribution is 7.17. The van der Waals surface area contributed by atoms with E-state index in [1.54, 1.807) is 18.5 Å². The molecule has 1 fully saturated rings. The van der Waals surface area contributed by atoms with E-state index in [-0.39, 0.29) is 17.9 Å². The molecule has 0 saturated carbocycles. The molecule has 2 amide bonds. The van der Waals surface area contributed by atoms with Gasteiger partial charge in [-0.25, -0.2) is 15.0 Å². The summed E-state index contributed by atoms with van der Waals surface area (Å²) in [7, 11) is 0. The van der Waals surface area contributed by atoms with Gasteiger partial charge in [0.05, 0.1) is 12.2 Å². The monoisotopic (exact) mass is 436 g/mol. The molecular weight excluding hydrogens is 412 g/mol. The van der Waals surface area contributed by atoms with Gasteiger partial charge in [0.2, 0.25) is 5.91 Å². The normalized spacial score (nSPS) is 14.9. The van der Waals surface area contributed by atoms with Gasteiger partial charge in [-0.1, -0.05) is 18.2 Å². The molecule has 2 aromatic heterocycles. The van der Waals surface area contributed by atoms with Gasteiger partial charge in [0.15, 0.2) is 10.8 Å². The minimum Gasteiger partial charge on any atom is -0.348 e. The lowest BCUT2D eigenvalue weighted by molar-refractivity contribution is -0.117.